The fourth-order valence-corrected chi connectivity index (χ4v) is 3.34. The van der Waals surface area contributed by atoms with Crippen molar-refractivity contribution in [3.05, 3.63) is 63.2 Å². The van der Waals surface area contributed by atoms with Gasteiger partial charge in [-0.2, -0.15) is 0 Å². The minimum atomic E-state index is -0.614. The highest BCUT2D eigenvalue weighted by Crippen LogP contribution is 2.26. The highest BCUT2D eigenvalue weighted by atomic mass is 35.5. The number of aliphatic hydroxyl groups excluding tert-OH is 1. The third-order valence-electron chi connectivity index (χ3n) is 3.38. The van der Waals surface area contributed by atoms with Crippen LogP contribution in [-0.2, 0) is 6.54 Å². The summed E-state index contributed by atoms with van der Waals surface area (Å²) in [6, 6.07) is 10.2. The van der Waals surface area contributed by atoms with E-state index in [1.54, 1.807) is 30.5 Å². The van der Waals surface area contributed by atoms with Crippen LogP contribution in [-0.4, -0.2) is 16.6 Å². The molecule has 2 heterocycles. The summed E-state index contributed by atoms with van der Waals surface area (Å²) in [5.41, 5.74) is 1.54. The fourth-order valence-electron chi connectivity index (χ4n) is 2.29. The van der Waals surface area contributed by atoms with Crippen LogP contribution in [0.1, 0.15) is 16.5 Å². The maximum absolute atomic E-state index is 13.7. The van der Waals surface area contributed by atoms with Crippen molar-refractivity contribution < 1.29 is 9.50 Å². The second-order valence-corrected chi connectivity index (χ2v) is 6.64. The van der Waals surface area contributed by atoms with Gasteiger partial charge >= 0.3 is 0 Å². The summed E-state index contributed by atoms with van der Waals surface area (Å²) in [5, 5.41) is 13.8. The normalized spacial score (nSPS) is 12.7. The van der Waals surface area contributed by atoms with Gasteiger partial charge in [0.1, 0.15) is 11.9 Å². The number of aliphatic hydroxyl groups is 1. The first-order chi connectivity index (χ1) is 10.6. The number of benzene rings is 1. The van der Waals surface area contributed by atoms with Crippen LogP contribution in [0.3, 0.4) is 0 Å². The molecule has 0 spiro atoms. The second-order valence-electron chi connectivity index (χ2n) is 4.89. The Kier molecular flexibility index (Phi) is 4.69. The van der Waals surface area contributed by atoms with Crippen molar-refractivity contribution in [1.29, 1.82) is 0 Å². The standard InChI is InChI=1S/C16H14ClFN2OS/c17-15-6-5-14(22-15)13(21)9-19-8-10-3-4-12(18)11-2-1-7-20-16(10)11/h1-7,13,19,21H,8-9H2. The van der Waals surface area contributed by atoms with Crippen molar-refractivity contribution in [3.63, 3.8) is 0 Å². The SMILES string of the molecule is OC(CNCc1ccc(F)c2cccnc12)c1ccc(Cl)s1. The average molecular weight is 337 g/mol. The van der Waals surface area contributed by atoms with E-state index in [1.165, 1.54) is 17.4 Å². The maximum atomic E-state index is 13.7. The lowest BCUT2D eigenvalue weighted by atomic mass is 10.1. The molecule has 2 aromatic heterocycles. The number of hydrogen-bond acceptors (Lipinski definition) is 4. The second kappa shape index (κ2) is 6.71. The first-order valence-electron chi connectivity index (χ1n) is 6.81. The third-order valence-corrected chi connectivity index (χ3v) is 4.71. The van der Waals surface area contributed by atoms with Gasteiger partial charge in [-0.15, -0.1) is 11.3 Å². The Morgan fingerprint density at radius 3 is 2.91 bits per heavy atom. The zero-order valence-corrected chi connectivity index (χ0v) is 13.2. The molecule has 0 aliphatic carbocycles. The van der Waals surface area contributed by atoms with Crippen LogP contribution in [0.15, 0.2) is 42.6 Å². The van der Waals surface area contributed by atoms with Gasteiger partial charge in [0, 0.05) is 29.5 Å². The predicted molar refractivity (Wildman–Crippen MR) is 87.7 cm³/mol. The van der Waals surface area contributed by atoms with E-state index in [1.807, 2.05) is 6.07 Å². The van der Waals surface area contributed by atoms with E-state index in [4.69, 9.17) is 11.6 Å². The van der Waals surface area contributed by atoms with E-state index in [0.29, 0.717) is 28.3 Å². The number of halogens is 2. The summed E-state index contributed by atoms with van der Waals surface area (Å²) in [4.78, 5) is 5.06. The van der Waals surface area contributed by atoms with Crippen molar-refractivity contribution in [2.45, 2.75) is 12.6 Å². The molecule has 0 bridgehead atoms. The number of nitrogens with one attached hydrogen (secondary N) is 1. The largest absolute Gasteiger partial charge is 0.386 e. The van der Waals surface area contributed by atoms with E-state index < -0.39 is 6.10 Å². The van der Waals surface area contributed by atoms with Crippen LogP contribution in [0.2, 0.25) is 4.34 Å². The smallest absolute Gasteiger partial charge is 0.132 e. The Bertz CT molecular complexity index is 793. The Balaban J connectivity index is 1.68. The van der Waals surface area contributed by atoms with Crippen LogP contribution in [0.25, 0.3) is 10.9 Å². The number of nitrogens with zero attached hydrogens (tertiary/aromatic N) is 1. The molecule has 1 atom stereocenters. The van der Waals surface area contributed by atoms with E-state index in [-0.39, 0.29) is 5.82 Å². The van der Waals surface area contributed by atoms with Crippen molar-refractivity contribution >= 4 is 33.8 Å². The number of pyridine rings is 1. The van der Waals surface area contributed by atoms with Gasteiger partial charge in [0.25, 0.3) is 0 Å². The van der Waals surface area contributed by atoms with Crippen LogP contribution in [0.5, 0.6) is 0 Å². The monoisotopic (exact) mass is 336 g/mol. The molecule has 0 aliphatic rings. The van der Waals surface area contributed by atoms with Gasteiger partial charge in [-0.05, 0) is 35.9 Å². The van der Waals surface area contributed by atoms with Crippen molar-refractivity contribution in [2.24, 2.45) is 0 Å². The minimum Gasteiger partial charge on any atom is -0.386 e. The van der Waals surface area contributed by atoms with E-state index >= 15 is 0 Å². The molecule has 0 aliphatic heterocycles. The van der Waals surface area contributed by atoms with Crippen molar-refractivity contribution in [1.82, 2.24) is 10.3 Å². The third kappa shape index (κ3) is 3.28. The van der Waals surface area contributed by atoms with Crippen LogP contribution >= 0.6 is 22.9 Å². The zero-order chi connectivity index (χ0) is 15.5. The lowest BCUT2D eigenvalue weighted by molar-refractivity contribution is 0.178. The molecule has 1 aromatic carbocycles. The molecule has 2 N–H and O–H groups in total. The molecular weight excluding hydrogens is 323 g/mol. The summed E-state index contributed by atoms with van der Waals surface area (Å²) in [5.74, 6) is -0.278. The summed E-state index contributed by atoms with van der Waals surface area (Å²) >= 11 is 7.22. The first kappa shape index (κ1) is 15.4. The zero-order valence-electron chi connectivity index (χ0n) is 11.6. The summed E-state index contributed by atoms with van der Waals surface area (Å²) in [7, 11) is 0. The highest BCUT2D eigenvalue weighted by Gasteiger charge is 2.11. The molecule has 6 heteroatoms. The first-order valence-corrected chi connectivity index (χ1v) is 8.00. The molecule has 1 unspecified atom stereocenters. The number of thiophene rings is 1. The Morgan fingerprint density at radius 2 is 2.14 bits per heavy atom. The number of aromatic nitrogens is 1. The molecular formula is C16H14ClFN2OS. The Labute approximate surface area is 136 Å². The van der Waals surface area contributed by atoms with E-state index in [2.05, 4.69) is 10.3 Å². The molecule has 0 fully saturated rings. The highest BCUT2D eigenvalue weighted by molar-refractivity contribution is 7.16. The van der Waals surface area contributed by atoms with Crippen LogP contribution in [0, 0.1) is 5.82 Å². The molecule has 0 saturated carbocycles. The van der Waals surface area contributed by atoms with Crippen LogP contribution < -0.4 is 5.32 Å². The number of fused-ring (bicyclic) bond motifs is 1. The minimum absolute atomic E-state index is 0.278. The quantitative estimate of drug-likeness (QED) is 0.742. The van der Waals surface area contributed by atoms with E-state index in [9.17, 15) is 9.50 Å². The predicted octanol–water partition coefficient (Wildman–Crippen LogP) is 3.91. The van der Waals surface area contributed by atoms with Gasteiger partial charge in [0.15, 0.2) is 0 Å². The van der Waals surface area contributed by atoms with Gasteiger partial charge in [-0.1, -0.05) is 17.7 Å². The van der Waals surface area contributed by atoms with Gasteiger partial charge in [-0.3, -0.25) is 4.98 Å². The topological polar surface area (TPSA) is 45.1 Å². The summed E-state index contributed by atoms with van der Waals surface area (Å²) in [6.07, 6.45) is 1.03. The van der Waals surface area contributed by atoms with Gasteiger partial charge in [0.05, 0.1) is 9.85 Å². The molecule has 3 aromatic rings. The Hall–Kier alpha value is -1.53. The molecule has 114 valence electrons. The van der Waals surface area contributed by atoms with Crippen molar-refractivity contribution in [3.8, 4) is 0 Å². The van der Waals surface area contributed by atoms with Gasteiger partial charge in [-0.25, -0.2) is 4.39 Å². The molecule has 3 nitrogen and oxygen atoms in total. The molecule has 0 radical (unpaired) electrons. The number of rotatable bonds is 5. The molecule has 0 amide bonds. The molecule has 3 rings (SSSR count). The molecule has 22 heavy (non-hydrogen) atoms. The van der Waals surface area contributed by atoms with Gasteiger partial charge < -0.3 is 10.4 Å². The van der Waals surface area contributed by atoms with E-state index in [0.717, 1.165) is 10.4 Å². The summed E-state index contributed by atoms with van der Waals surface area (Å²) < 4.78 is 14.4. The Morgan fingerprint density at radius 1 is 1.27 bits per heavy atom. The fraction of sp³-hybridized carbons (Fsp3) is 0.188. The maximum Gasteiger partial charge on any atom is 0.132 e. The summed E-state index contributed by atoms with van der Waals surface area (Å²) in [6.45, 7) is 0.895. The lowest BCUT2D eigenvalue weighted by Crippen LogP contribution is -2.20. The number of hydrogen-bond donors (Lipinski definition) is 2. The van der Waals surface area contributed by atoms with Crippen LogP contribution in [0.4, 0.5) is 4.39 Å². The molecule has 0 saturated heterocycles. The lowest BCUT2D eigenvalue weighted by Gasteiger charge is -2.11. The van der Waals surface area contributed by atoms with Gasteiger partial charge in [0.2, 0.25) is 0 Å². The average Bonchev–Trinajstić information content (AvgIpc) is 2.96. The van der Waals surface area contributed by atoms with Crippen molar-refractivity contribution in [2.75, 3.05) is 6.54 Å².